The van der Waals surface area contributed by atoms with E-state index in [1.807, 2.05) is 36.4 Å². The number of nitrogens with zero attached hydrogens (tertiary/aromatic N) is 2. The highest BCUT2D eigenvalue weighted by molar-refractivity contribution is 5.77. The standard InChI is InChI=1S/C21H26N2O4/c1-22-15-13-18(11-12-19(24)16-17-8-4-2-5-9-17)23(21(22)27)14-7-3-6-10-20(25)26/h2,4-5,8-9,11-12,18-19,24H,3,6,10,13,15-16H2,1H3,(H,25,26)/t18-,19?/m0/s1. The molecule has 0 aliphatic carbocycles. The highest BCUT2D eigenvalue weighted by atomic mass is 16.4. The molecule has 2 rings (SSSR count). The predicted octanol–water partition coefficient (Wildman–Crippen LogP) is 2.49. The minimum atomic E-state index is -0.848. The zero-order chi connectivity index (χ0) is 19.6. The summed E-state index contributed by atoms with van der Waals surface area (Å²) in [5.41, 5.74) is 1.05. The van der Waals surface area contributed by atoms with Gasteiger partial charge in [0.25, 0.3) is 0 Å². The number of rotatable bonds is 7. The molecule has 144 valence electrons. The van der Waals surface area contributed by atoms with Crippen LogP contribution in [0.4, 0.5) is 4.79 Å². The summed E-state index contributed by atoms with van der Waals surface area (Å²) in [7, 11) is 1.73. The molecule has 1 aliphatic heterocycles. The number of carboxylic acids is 1. The first-order valence-electron chi connectivity index (χ1n) is 9.12. The summed E-state index contributed by atoms with van der Waals surface area (Å²) >= 11 is 0. The zero-order valence-electron chi connectivity index (χ0n) is 15.5. The Morgan fingerprint density at radius 3 is 2.81 bits per heavy atom. The number of urea groups is 1. The van der Waals surface area contributed by atoms with Gasteiger partial charge in [0.1, 0.15) is 0 Å². The van der Waals surface area contributed by atoms with Crippen molar-refractivity contribution in [2.24, 2.45) is 0 Å². The summed E-state index contributed by atoms with van der Waals surface area (Å²) in [6.45, 7) is 0.625. The molecule has 0 aromatic heterocycles. The molecule has 1 aliphatic rings. The molecule has 1 unspecified atom stereocenters. The Bertz CT molecular complexity index is 721. The van der Waals surface area contributed by atoms with Gasteiger partial charge >= 0.3 is 12.0 Å². The smallest absolute Gasteiger partial charge is 0.331 e. The first kappa shape index (κ1) is 20.5. The molecule has 0 radical (unpaired) electrons. The van der Waals surface area contributed by atoms with Crippen molar-refractivity contribution in [3.63, 3.8) is 0 Å². The zero-order valence-corrected chi connectivity index (χ0v) is 15.5. The topological polar surface area (TPSA) is 81.1 Å². The lowest BCUT2D eigenvalue weighted by atomic mass is 10.0. The van der Waals surface area contributed by atoms with Crippen molar-refractivity contribution in [1.82, 2.24) is 9.80 Å². The van der Waals surface area contributed by atoms with E-state index in [2.05, 4.69) is 12.0 Å². The van der Waals surface area contributed by atoms with Crippen molar-refractivity contribution in [3.05, 3.63) is 48.0 Å². The minimum absolute atomic E-state index is 0.0670. The second-order valence-electron chi connectivity index (χ2n) is 6.61. The minimum Gasteiger partial charge on any atom is -0.481 e. The summed E-state index contributed by atoms with van der Waals surface area (Å²) in [5.74, 6) is 2.04. The molecule has 6 heteroatoms. The number of hydrogen-bond donors (Lipinski definition) is 2. The second-order valence-corrected chi connectivity index (χ2v) is 6.61. The van der Waals surface area contributed by atoms with Crippen LogP contribution < -0.4 is 0 Å². The van der Waals surface area contributed by atoms with Crippen molar-refractivity contribution >= 4 is 12.0 Å². The number of carboxylic acid groups (broad SMARTS) is 1. The Morgan fingerprint density at radius 1 is 1.37 bits per heavy atom. The average molecular weight is 370 g/mol. The van der Waals surface area contributed by atoms with Crippen LogP contribution in [0.2, 0.25) is 0 Å². The lowest BCUT2D eigenvalue weighted by Gasteiger charge is -2.35. The molecule has 0 saturated carbocycles. The van der Waals surface area contributed by atoms with Crippen LogP contribution >= 0.6 is 0 Å². The summed E-state index contributed by atoms with van der Waals surface area (Å²) < 4.78 is 0. The maximum Gasteiger partial charge on any atom is 0.331 e. The summed E-state index contributed by atoms with van der Waals surface area (Å²) in [6.07, 6.45) is 5.10. The number of unbranched alkanes of at least 4 members (excludes halogenated alkanes) is 1. The van der Waals surface area contributed by atoms with Crippen LogP contribution in [0.1, 0.15) is 31.2 Å². The van der Waals surface area contributed by atoms with Crippen LogP contribution in [0, 0.1) is 12.0 Å². The van der Waals surface area contributed by atoms with Gasteiger partial charge in [-0.3, -0.25) is 4.79 Å². The third-order valence-corrected chi connectivity index (χ3v) is 4.36. The maximum atomic E-state index is 12.4. The van der Waals surface area contributed by atoms with Crippen LogP contribution in [0.3, 0.4) is 0 Å². The van der Waals surface area contributed by atoms with Crippen LogP contribution in [0.5, 0.6) is 0 Å². The number of benzene rings is 1. The fourth-order valence-electron chi connectivity index (χ4n) is 2.84. The largest absolute Gasteiger partial charge is 0.481 e. The number of aliphatic carboxylic acids is 1. The number of hydrogen-bond acceptors (Lipinski definition) is 3. The Kier molecular flexibility index (Phi) is 7.90. The molecule has 1 aromatic rings. The van der Waals surface area contributed by atoms with E-state index in [-0.39, 0.29) is 18.5 Å². The van der Waals surface area contributed by atoms with Crippen molar-refractivity contribution in [1.29, 1.82) is 0 Å². The molecule has 2 amide bonds. The van der Waals surface area contributed by atoms with Crippen molar-refractivity contribution in [3.8, 4) is 12.0 Å². The molecule has 0 spiro atoms. The third kappa shape index (κ3) is 6.80. The van der Waals surface area contributed by atoms with Crippen LogP contribution in [-0.4, -0.2) is 57.8 Å². The van der Waals surface area contributed by atoms with Gasteiger partial charge in [-0.05, 0) is 18.4 Å². The van der Waals surface area contributed by atoms with Crippen LogP contribution in [0.25, 0.3) is 0 Å². The van der Waals surface area contributed by atoms with E-state index in [9.17, 15) is 14.7 Å². The molecule has 2 N–H and O–H groups in total. The molecule has 1 fully saturated rings. The highest BCUT2D eigenvalue weighted by Crippen LogP contribution is 2.16. The van der Waals surface area contributed by atoms with Gasteiger partial charge < -0.3 is 15.1 Å². The lowest BCUT2D eigenvalue weighted by molar-refractivity contribution is -0.137. The Balaban J connectivity index is 1.98. The molecule has 6 nitrogen and oxygen atoms in total. The number of aliphatic hydroxyl groups is 1. The summed E-state index contributed by atoms with van der Waals surface area (Å²) in [4.78, 5) is 26.0. The molecule has 2 atom stereocenters. The van der Waals surface area contributed by atoms with Gasteiger partial charge in [-0.15, -0.1) is 0 Å². The molecule has 1 heterocycles. The molecule has 27 heavy (non-hydrogen) atoms. The second kappa shape index (κ2) is 10.4. The number of amides is 2. The van der Waals surface area contributed by atoms with E-state index in [0.717, 1.165) is 12.0 Å². The number of carbonyl (C=O) groups excluding carboxylic acids is 1. The van der Waals surface area contributed by atoms with Crippen molar-refractivity contribution in [2.75, 3.05) is 13.6 Å². The number of carbonyl (C=O) groups is 2. The maximum absolute atomic E-state index is 12.4. The van der Waals surface area contributed by atoms with Gasteiger partial charge in [-0.25, -0.2) is 9.69 Å². The van der Waals surface area contributed by atoms with E-state index in [4.69, 9.17) is 5.11 Å². The van der Waals surface area contributed by atoms with Gasteiger partial charge in [0.15, 0.2) is 0 Å². The highest BCUT2D eigenvalue weighted by Gasteiger charge is 2.29. The first-order valence-corrected chi connectivity index (χ1v) is 9.12. The Morgan fingerprint density at radius 2 is 2.11 bits per heavy atom. The van der Waals surface area contributed by atoms with Crippen LogP contribution in [0.15, 0.2) is 42.5 Å². The normalized spacial score (nSPS) is 18.3. The van der Waals surface area contributed by atoms with Crippen LogP contribution in [-0.2, 0) is 11.2 Å². The van der Waals surface area contributed by atoms with E-state index in [1.165, 1.54) is 4.90 Å². The Hall–Kier alpha value is -2.78. The Labute approximate surface area is 160 Å². The van der Waals surface area contributed by atoms with E-state index in [0.29, 0.717) is 25.8 Å². The lowest BCUT2D eigenvalue weighted by Crippen LogP contribution is -2.50. The fourth-order valence-corrected chi connectivity index (χ4v) is 2.84. The fraction of sp³-hybridized carbons (Fsp3) is 0.429. The molecule has 1 aromatic carbocycles. The average Bonchev–Trinajstić information content (AvgIpc) is 2.64. The predicted molar refractivity (Wildman–Crippen MR) is 103 cm³/mol. The van der Waals surface area contributed by atoms with Gasteiger partial charge in [0, 0.05) is 38.9 Å². The van der Waals surface area contributed by atoms with Gasteiger partial charge in [-0.1, -0.05) is 48.4 Å². The van der Waals surface area contributed by atoms with Gasteiger partial charge in [0.2, 0.25) is 0 Å². The van der Waals surface area contributed by atoms with Crippen molar-refractivity contribution in [2.45, 2.75) is 44.2 Å². The van der Waals surface area contributed by atoms with Gasteiger partial charge in [-0.2, -0.15) is 0 Å². The molecular formula is C21H26N2O4. The van der Waals surface area contributed by atoms with Crippen molar-refractivity contribution < 1.29 is 19.8 Å². The molecule has 1 saturated heterocycles. The molecular weight excluding hydrogens is 344 g/mol. The summed E-state index contributed by atoms with van der Waals surface area (Å²) in [6, 6.07) is 12.2. The van der Waals surface area contributed by atoms with E-state index >= 15 is 0 Å². The van der Waals surface area contributed by atoms with E-state index in [1.54, 1.807) is 18.0 Å². The van der Waals surface area contributed by atoms with Gasteiger partial charge in [0.05, 0.1) is 12.1 Å². The summed E-state index contributed by atoms with van der Waals surface area (Å²) in [5, 5.41) is 18.9. The third-order valence-electron chi connectivity index (χ3n) is 4.36. The molecule has 0 bridgehead atoms. The first-order chi connectivity index (χ1) is 13.0. The SMILES string of the molecule is CN1CC[C@H](C=CC(O)Cc2ccccc2)N(C#CCCCC(=O)O)C1=O. The number of aliphatic hydroxyl groups excluding tert-OH is 1. The van der Waals surface area contributed by atoms with E-state index < -0.39 is 12.1 Å². The quantitative estimate of drug-likeness (QED) is 0.439. The monoisotopic (exact) mass is 370 g/mol.